The molecule has 0 fully saturated rings. The van der Waals surface area contributed by atoms with Gasteiger partial charge in [-0.25, -0.2) is 18.6 Å². The molecular weight excluding hydrogens is 278 g/mol. The van der Waals surface area contributed by atoms with Crippen molar-refractivity contribution >= 4 is 17.0 Å². The van der Waals surface area contributed by atoms with E-state index in [0.29, 0.717) is 28.0 Å². The van der Waals surface area contributed by atoms with Crippen LogP contribution in [0.15, 0.2) is 30.3 Å². The van der Waals surface area contributed by atoms with Gasteiger partial charge < -0.3 is 10.1 Å². The van der Waals surface area contributed by atoms with Crippen LogP contribution in [-0.2, 0) is 0 Å². The van der Waals surface area contributed by atoms with Crippen LogP contribution in [0.5, 0.6) is 0 Å². The number of hydrogen-bond acceptors (Lipinski definition) is 2. The van der Waals surface area contributed by atoms with Crippen LogP contribution < -0.4 is 0 Å². The molecule has 106 valence electrons. The predicted molar refractivity (Wildman–Crippen MR) is 73.1 cm³/mol. The molecule has 6 heteroatoms. The Morgan fingerprint density at radius 1 is 1.24 bits per heavy atom. The smallest absolute Gasteiger partial charge is 0.338 e. The van der Waals surface area contributed by atoms with Gasteiger partial charge >= 0.3 is 5.97 Å². The summed E-state index contributed by atoms with van der Waals surface area (Å²) in [6.07, 6.45) is 0. The third-order valence-corrected chi connectivity index (χ3v) is 3.24. The molecule has 0 aliphatic heterocycles. The summed E-state index contributed by atoms with van der Waals surface area (Å²) in [6, 6.07) is 6.50. The van der Waals surface area contributed by atoms with Gasteiger partial charge in [0.2, 0.25) is 0 Å². The van der Waals surface area contributed by atoms with Gasteiger partial charge in [-0.2, -0.15) is 0 Å². The standard InChI is InChI=1S/C15H10F2N2O2/c1-7-4-8(16)2-3-9(7)14-18-12-5-10(15(20)21)11(17)6-13(12)19-14/h2-6H,1H3,(H,18,19)(H,20,21). The second-order valence-corrected chi connectivity index (χ2v) is 4.70. The van der Waals surface area contributed by atoms with Crippen molar-refractivity contribution in [3.63, 3.8) is 0 Å². The molecule has 2 aromatic carbocycles. The Balaban J connectivity index is 2.19. The molecule has 0 aliphatic rings. The number of benzene rings is 2. The summed E-state index contributed by atoms with van der Waals surface area (Å²) in [5.74, 6) is -2.10. The molecule has 0 amide bonds. The van der Waals surface area contributed by atoms with Crippen LogP contribution in [0.1, 0.15) is 15.9 Å². The Hall–Kier alpha value is -2.76. The fraction of sp³-hybridized carbons (Fsp3) is 0.0667. The Labute approximate surface area is 118 Å². The van der Waals surface area contributed by atoms with Crippen molar-refractivity contribution in [2.45, 2.75) is 6.92 Å². The van der Waals surface area contributed by atoms with Crippen LogP contribution in [0.4, 0.5) is 8.78 Å². The quantitative estimate of drug-likeness (QED) is 0.758. The Morgan fingerprint density at radius 2 is 2.00 bits per heavy atom. The van der Waals surface area contributed by atoms with E-state index in [1.807, 2.05) is 0 Å². The van der Waals surface area contributed by atoms with E-state index < -0.39 is 17.3 Å². The molecule has 0 unspecified atom stereocenters. The number of carbonyl (C=O) groups is 1. The largest absolute Gasteiger partial charge is 0.478 e. The maximum Gasteiger partial charge on any atom is 0.338 e. The van der Waals surface area contributed by atoms with E-state index in [1.165, 1.54) is 18.2 Å². The molecule has 2 N–H and O–H groups in total. The highest BCUT2D eigenvalue weighted by atomic mass is 19.1. The molecule has 0 saturated heterocycles. The van der Waals surface area contributed by atoms with Crippen LogP contribution >= 0.6 is 0 Å². The number of imidazole rings is 1. The maximum absolute atomic E-state index is 13.6. The number of hydrogen-bond donors (Lipinski definition) is 2. The lowest BCUT2D eigenvalue weighted by Crippen LogP contribution is -1.99. The lowest BCUT2D eigenvalue weighted by molar-refractivity contribution is 0.0692. The number of H-pyrrole nitrogens is 1. The number of carboxylic acids is 1. The van der Waals surface area contributed by atoms with Crippen LogP contribution in [-0.4, -0.2) is 21.0 Å². The van der Waals surface area contributed by atoms with Crippen molar-refractivity contribution in [1.82, 2.24) is 9.97 Å². The highest BCUT2D eigenvalue weighted by Crippen LogP contribution is 2.25. The minimum atomic E-state index is -1.35. The highest BCUT2D eigenvalue weighted by Gasteiger charge is 2.15. The molecule has 0 atom stereocenters. The molecule has 0 bridgehead atoms. The molecule has 1 aromatic heterocycles. The first-order chi connectivity index (χ1) is 9.95. The molecule has 0 spiro atoms. The minimum Gasteiger partial charge on any atom is -0.478 e. The molecule has 3 rings (SSSR count). The van der Waals surface area contributed by atoms with E-state index in [2.05, 4.69) is 9.97 Å². The molecular formula is C15H10F2N2O2. The predicted octanol–water partition coefficient (Wildman–Crippen LogP) is 3.51. The lowest BCUT2D eigenvalue weighted by Gasteiger charge is -2.01. The number of nitrogens with zero attached hydrogens (tertiary/aromatic N) is 1. The third kappa shape index (κ3) is 2.24. The van der Waals surface area contributed by atoms with Crippen molar-refractivity contribution in [2.24, 2.45) is 0 Å². The van der Waals surface area contributed by atoms with E-state index in [9.17, 15) is 13.6 Å². The first kappa shape index (κ1) is 13.2. The van der Waals surface area contributed by atoms with E-state index in [0.717, 1.165) is 6.07 Å². The number of nitrogens with one attached hydrogen (secondary N) is 1. The van der Waals surface area contributed by atoms with Crippen LogP contribution in [0.2, 0.25) is 0 Å². The van der Waals surface area contributed by atoms with Gasteiger partial charge in [-0.1, -0.05) is 0 Å². The van der Waals surface area contributed by atoms with Crippen molar-refractivity contribution in [1.29, 1.82) is 0 Å². The van der Waals surface area contributed by atoms with Crippen LogP contribution in [0.3, 0.4) is 0 Å². The summed E-state index contributed by atoms with van der Waals surface area (Å²) >= 11 is 0. The molecule has 0 saturated carbocycles. The first-order valence-electron chi connectivity index (χ1n) is 6.15. The fourth-order valence-electron chi connectivity index (χ4n) is 2.21. The number of aryl methyl sites for hydroxylation is 1. The zero-order chi connectivity index (χ0) is 15.1. The second-order valence-electron chi connectivity index (χ2n) is 4.70. The highest BCUT2D eigenvalue weighted by molar-refractivity contribution is 5.93. The number of aromatic nitrogens is 2. The average molecular weight is 288 g/mol. The van der Waals surface area contributed by atoms with Crippen LogP contribution in [0, 0.1) is 18.6 Å². The second kappa shape index (κ2) is 4.66. The number of aromatic amines is 1. The van der Waals surface area contributed by atoms with E-state index in [-0.39, 0.29) is 5.82 Å². The maximum atomic E-state index is 13.6. The number of halogens is 2. The minimum absolute atomic E-state index is 0.340. The first-order valence-corrected chi connectivity index (χ1v) is 6.15. The Morgan fingerprint density at radius 3 is 2.67 bits per heavy atom. The summed E-state index contributed by atoms with van der Waals surface area (Å²) in [5.41, 5.74) is 1.64. The summed E-state index contributed by atoms with van der Waals surface area (Å²) < 4.78 is 26.8. The van der Waals surface area contributed by atoms with Crippen molar-refractivity contribution in [3.8, 4) is 11.4 Å². The molecule has 0 radical (unpaired) electrons. The summed E-state index contributed by atoms with van der Waals surface area (Å²) in [5, 5.41) is 8.90. The summed E-state index contributed by atoms with van der Waals surface area (Å²) in [6.45, 7) is 1.73. The molecule has 4 nitrogen and oxygen atoms in total. The van der Waals surface area contributed by atoms with Gasteiger partial charge in [-0.15, -0.1) is 0 Å². The number of carboxylic acid groups (broad SMARTS) is 1. The Kier molecular flexibility index (Phi) is 2.94. The van der Waals surface area contributed by atoms with Gasteiger partial charge in [0.1, 0.15) is 17.5 Å². The monoisotopic (exact) mass is 288 g/mol. The summed E-state index contributed by atoms with van der Waals surface area (Å²) in [7, 11) is 0. The van der Waals surface area contributed by atoms with Gasteiger partial charge in [0.15, 0.2) is 0 Å². The lowest BCUT2D eigenvalue weighted by atomic mass is 10.1. The van der Waals surface area contributed by atoms with Gasteiger partial charge in [-0.3, -0.25) is 0 Å². The number of rotatable bonds is 2. The normalized spacial score (nSPS) is 11.0. The zero-order valence-corrected chi connectivity index (χ0v) is 10.9. The molecule has 21 heavy (non-hydrogen) atoms. The third-order valence-electron chi connectivity index (χ3n) is 3.24. The fourth-order valence-corrected chi connectivity index (χ4v) is 2.21. The van der Waals surface area contributed by atoms with E-state index in [4.69, 9.17) is 5.11 Å². The van der Waals surface area contributed by atoms with Gasteiger partial charge in [-0.05, 0) is 36.8 Å². The number of aromatic carboxylic acids is 1. The van der Waals surface area contributed by atoms with Crippen molar-refractivity contribution in [3.05, 3.63) is 53.1 Å². The van der Waals surface area contributed by atoms with Crippen molar-refractivity contribution < 1.29 is 18.7 Å². The van der Waals surface area contributed by atoms with Gasteiger partial charge in [0.05, 0.1) is 16.6 Å². The average Bonchev–Trinajstić information content (AvgIpc) is 2.79. The molecule has 1 heterocycles. The Bertz CT molecular complexity index is 871. The molecule has 0 aliphatic carbocycles. The molecule has 3 aromatic rings. The van der Waals surface area contributed by atoms with Gasteiger partial charge in [0, 0.05) is 11.6 Å². The number of fused-ring (bicyclic) bond motifs is 1. The van der Waals surface area contributed by atoms with Crippen molar-refractivity contribution in [2.75, 3.05) is 0 Å². The van der Waals surface area contributed by atoms with E-state index >= 15 is 0 Å². The topological polar surface area (TPSA) is 66.0 Å². The SMILES string of the molecule is Cc1cc(F)ccc1-c1nc2cc(C(=O)O)c(F)cc2[nH]1. The zero-order valence-electron chi connectivity index (χ0n) is 10.9. The van der Waals surface area contributed by atoms with Gasteiger partial charge in [0.25, 0.3) is 0 Å². The van der Waals surface area contributed by atoms with Crippen LogP contribution in [0.25, 0.3) is 22.4 Å². The summed E-state index contributed by atoms with van der Waals surface area (Å²) in [4.78, 5) is 18.1. The van der Waals surface area contributed by atoms with E-state index in [1.54, 1.807) is 13.0 Å².